The number of para-hydroxylation sites is 1. The van der Waals surface area contributed by atoms with Crippen molar-refractivity contribution in [2.24, 2.45) is 0 Å². The van der Waals surface area contributed by atoms with E-state index in [0.29, 0.717) is 17.3 Å². The quantitative estimate of drug-likeness (QED) is 0.556. The lowest BCUT2D eigenvalue weighted by Gasteiger charge is -2.07. The number of fused-ring (bicyclic) bond motifs is 1. The molecule has 2 aromatic carbocycles. The number of nitrogens with one attached hydrogen (secondary N) is 1. The predicted molar refractivity (Wildman–Crippen MR) is 87.7 cm³/mol. The highest BCUT2D eigenvalue weighted by molar-refractivity contribution is 6.31. The summed E-state index contributed by atoms with van der Waals surface area (Å²) in [6, 6.07) is 14.7. The number of carbonyl (C=O) groups is 1. The Morgan fingerprint density at radius 1 is 1.13 bits per heavy atom. The number of esters is 1. The fourth-order valence-corrected chi connectivity index (χ4v) is 2.37. The highest BCUT2D eigenvalue weighted by atomic mass is 35.5. The molecule has 5 nitrogen and oxygen atoms in total. The molecule has 118 valence electrons. The van der Waals surface area contributed by atoms with Crippen molar-refractivity contribution in [2.45, 2.75) is 6.42 Å². The molecule has 0 fully saturated rings. The van der Waals surface area contributed by atoms with E-state index in [2.05, 4.69) is 10.2 Å². The molecule has 0 aliphatic heterocycles. The number of aromatic nitrogens is 2. The predicted octanol–water partition coefficient (Wildman–Crippen LogP) is 3.38. The van der Waals surface area contributed by atoms with E-state index in [9.17, 15) is 4.79 Å². The molecule has 1 heterocycles. The molecule has 0 atom stereocenters. The highest BCUT2D eigenvalue weighted by Gasteiger charge is 2.11. The van der Waals surface area contributed by atoms with Gasteiger partial charge in [0.15, 0.2) is 0 Å². The second-order valence-electron chi connectivity index (χ2n) is 4.92. The molecule has 0 bridgehead atoms. The number of hydrogen-bond donors (Lipinski definition) is 1. The number of nitrogens with zero attached hydrogens (tertiary/aromatic N) is 1. The summed E-state index contributed by atoms with van der Waals surface area (Å²) in [6.07, 6.45) is 0.113. The van der Waals surface area contributed by atoms with Gasteiger partial charge in [-0.3, -0.25) is 9.89 Å². The van der Waals surface area contributed by atoms with Gasteiger partial charge >= 0.3 is 5.97 Å². The maximum Gasteiger partial charge on any atom is 0.311 e. The first-order valence-electron chi connectivity index (χ1n) is 7.18. The molecule has 0 radical (unpaired) electrons. The largest absolute Gasteiger partial charge is 0.490 e. The number of halogens is 1. The molecule has 0 spiro atoms. The lowest BCUT2D eigenvalue weighted by atomic mass is 10.2. The summed E-state index contributed by atoms with van der Waals surface area (Å²) in [4.78, 5) is 11.9. The Morgan fingerprint density at radius 2 is 1.96 bits per heavy atom. The fourth-order valence-electron chi connectivity index (χ4n) is 2.20. The molecule has 1 N–H and O–H groups in total. The molecule has 3 rings (SSSR count). The molecule has 0 saturated heterocycles. The van der Waals surface area contributed by atoms with Crippen molar-refractivity contribution in [1.82, 2.24) is 10.2 Å². The van der Waals surface area contributed by atoms with Crippen molar-refractivity contribution < 1.29 is 14.3 Å². The number of rotatable bonds is 6. The van der Waals surface area contributed by atoms with Crippen molar-refractivity contribution in [3.05, 3.63) is 59.2 Å². The SMILES string of the molecule is O=C(Cc1[nH]nc2ccc(Cl)cc12)OCCOc1ccccc1. The molecule has 0 aliphatic rings. The zero-order chi connectivity index (χ0) is 16.1. The van der Waals surface area contributed by atoms with Gasteiger partial charge in [0.05, 0.1) is 17.6 Å². The molecule has 3 aromatic rings. The van der Waals surface area contributed by atoms with Gasteiger partial charge in [-0.05, 0) is 30.3 Å². The van der Waals surface area contributed by atoms with E-state index >= 15 is 0 Å². The second kappa shape index (κ2) is 7.15. The van der Waals surface area contributed by atoms with Gasteiger partial charge in [0.1, 0.15) is 19.0 Å². The Morgan fingerprint density at radius 3 is 2.78 bits per heavy atom. The molecular weight excluding hydrogens is 316 g/mol. The summed E-state index contributed by atoms with van der Waals surface area (Å²) in [5.41, 5.74) is 1.46. The van der Waals surface area contributed by atoms with Gasteiger partial charge in [-0.15, -0.1) is 0 Å². The van der Waals surface area contributed by atoms with E-state index in [1.165, 1.54) is 0 Å². The first-order chi connectivity index (χ1) is 11.2. The van der Waals surface area contributed by atoms with Crippen LogP contribution in [0, 0.1) is 0 Å². The van der Waals surface area contributed by atoms with Crippen molar-refractivity contribution >= 4 is 28.5 Å². The van der Waals surface area contributed by atoms with Crippen molar-refractivity contribution in [2.75, 3.05) is 13.2 Å². The summed E-state index contributed by atoms with van der Waals surface area (Å²) in [5.74, 6) is 0.407. The van der Waals surface area contributed by atoms with E-state index in [0.717, 1.165) is 16.7 Å². The minimum atomic E-state index is -0.341. The van der Waals surface area contributed by atoms with Crippen molar-refractivity contribution in [1.29, 1.82) is 0 Å². The summed E-state index contributed by atoms with van der Waals surface area (Å²) in [6.45, 7) is 0.506. The standard InChI is InChI=1S/C17H15ClN2O3/c18-12-6-7-15-14(10-12)16(20-19-15)11-17(21)23-9-8-22-13-4-2-1-3-5-13/h1-7,10H,8-9,11H2,(H,19,20). The van der Waals surface area contributed by atoms with E-state index in [1.54, 1.807) is 18.2 Å². The minimum absolute atomic E-state index is 0.113. The number of benzene rings is 2. The molecule has 6 heteroatoms. The van der Waals surface area contributed by atoms with Gasteiger partial charge in [-0.2, -0.15) is 5.10 Å². The molecule has 23 heavy (non-hydrogen) atoms. The number of H-pyrrole nitrogens is 1. The maximum absolute atomic E-state index is 11.9. The van der Waals surface area contributed by atoms with Crippen LogP contribution in [0.4, 0.5) is 0 Å². The molecule has 0 amide bonds. The third kappa shape index (κ3) is 4.02. The van der Waals surface area contributed by atoms with Gasteiger partial charge in [0.25, 0.3) is 0 Å². The average molecular weight is 331 g/mol. The van der Waals surface area contributed by atoms with Crippen molar-refractivity contribution in [3.8, 4) is 5.75 Å². The Bertz CT molecular complexity index is 802. The van der Waals surface area contributed by atoms with Gasteiger partial charge in [0.2, 0.25) is 0 Å². The number of aromatic amines is 1. The zero-order valence-electron chi connectivity index (χ0n) is 12.3. The highest BCUT2D eigenvalue weighted by Crippen LogP contribution is 2.21. The molecule has 1 aromatic heterocycles. The smallest absolute Gasteiger partial charge is 0.311 e. The van der Waals surface area contributed by atoms with Gasteiger partial charge < -0.3 is 9.47 Å². The van der Waals surface area contributed by atoms with Gasteiger partial charge in [-0.25, -0.2) is 0 Å². The van der Waals surface area contributed by atoms with E-state index in [-0.39, 0.29) is 19.0 Å². The van der Waals surface area contributed by atoms with Crippen LogP contribution in [0.5, 0.6) is 5.75 Å². The second-order valence-corrected chi connectivity index (χ2v) is 5.36. The Hall–Kier alpha value is -2.53. The van der Waals surface area contributed by atoms with E-state index in [4.69, 9.17) is 21.1 Å². The topological polar surface area (TPSA) is 64.2 Å². The first-order valence-corrected chi connectivity index (χ1v) is 7.56. The Labute approximate surface area is 138 Å². The third-order valence-electron chi connectivity index (χ3n) is 3.27. The van der Waals surface area contributed by atoms with Crippen LogP contribution in [0.25, 0.3) is 10.9 Å². The minimum Gasteiger partial charge on any atom is -0.490 e. The summed E-state index contributed by atoms with van der Waals surface area (Å²) in [5, 5.41) is 8.41. The number of carbonyl (C=O) groups excluding carboxylic acids is 1. The van der Waals surface area contributed by atoms with Crippen LogP contribution in [0.1, 0.15) is 5.69 Å². The molecule has 0 saturated carbocycles. The summed E-state index contributed by atoms with van der Waals surface area (Å²) < 4.78 is 10.6. The van der Waals surface area contributed by atoms with Crippen LogP contribution < -0.4 is 4.74 Å². The van der Waals surface area contributed by atoms with Crippen LogP contribution in [0.2, 0.25) is 5.02 Å². The fraction of sp³-hybridized carbons (Fsp3) is 0.176. The van der Waals surface area contributed by atoms with E-state index < -0.39 is 0 Å². The Kier molecular flexibility index (Phi) is 4.78. The van der Waals surface area contributed by atoms with Crippen LogP contribution >= 0.6 is 11.6 Å². The Balaban J connectivity index is 1.50. The molecular formula is C17H15ClN2O3. The lowest BCUT2D eigenvalue weighted by Crippen LogP contribution is -2.14. The van der Waals surface area contributed by atoms with Crippen LogP contribution in [0.3, 0.4) is 0 Å². The van der Waals surface area contributed by atoms with Gasteiger partial charge in [0, 0.05) is 10.4 Å². The van der Waals surface area contributed by atoms with Crippen LogP contribution in [-0.4, -0.2) is 29.4 Å². The monoisotopic (exact) mass is 330 g/mol. The summed E-state index contributed by atoms with van der Waals surface area (Å²) in [7, 11) is 0. The normalized spacial score (nSPS) is 10.7. The van der Waals surface area contributed by atoms with Gasteiger partial charge in [-0.1, -0.05) is 29.8 Å². The number of ether oxygens (including phenoxy) is 2. The summed E-state index contributed by atoms with van der Waals surface area (Å²) >= 11 is 5.97. The molecule has 0 aliphatic carbocycles. The van der Waals surface area contributed by atoms with Crippen molar-refractivity contribution in [3.63, 3.8) is 0 Å². The third-order valence-corrected chi connectivity index (χ3v) is 3.51. The maximum atomic E-state index is 11.9. The first kappa shape index (κ1) is 15.4. The van der Waals surface area contributed by atoms with Crippen LogP contribution in [-0.2, 0) is 16.0 Å². The number of hydrogen-bond acceptors (Lipinski definition) is 4. The zero-order valence-corrected chi connectivity index (χ0v) is 13.0. The molecule has 0 unspecified atom stereocenters. The van der Waals surface area contributed by atoms with Crippen LogP contribution in [0.15, 0.2) is 48.5 Å². The van der Waals surface area contributed by atoms with E-state index in [1.807, 2.05) is 30.3 Å². The average Bonchev–Trinajstić information content (AvgIpc) is 2.95. The lowest BCUT2D eigenvalue weighted by molar-refractivity contribution is -0.143.